The van der Waals surface area contributed by atoms with E-state index < -0.39 is 0 Å². The lowest BCUT2D eigenvalue weighted by Crippen LogP contribution is -2.23. The molecular formula is C20H20N4O2. The number of hydrogen-bond donors (Lipinski definition) is 2. The van der Waals surface area contributed by atoms with Gasteiger partial charge in [0, 0.05) is 25.5 Å². The predicted molar refractivity (Wildman–Crippen MR) is 100.0 cm³/mol. The molecule has 2 N–H and O–H groups in total. The third kappa shape index (κ3) is 4.80. The van der Waals surface area contributed by atoms with Gasteiger partial charge in [-0.25, -0.2) is 4.98 Å². The number of nitrogens with zero attached hydrogens (tertiary/aromatic N) is 2. The van der Waals surface area contributed by atoms with Gasteiger partial charge in [0.15, 0.2) is 0 Å². The summed E-state index contributed by atoms with van der Waals surface area (Å²) in [5, 5.41) is 6.12. The molecule has 0 spiro atoms. The van der Waals surface area contributed by atoms with Crippen molar-refractivity contribution in [1.82, 2.24) is 15.3 Å². The van der Waals surface area contributed by atoms with E-state index in [1.54, 1.807) is 31.8 Å². The Morgan fingerprint density at radius 1 is 0.962 bits per heavy atom. The fraction of sp³-hybridized carbons (Fsp3) is 0.150. The number of amides is 1. The highest BCUT2D eigenvalue weighted by molar-refractivity contribution is 5.92. The first-order valence-corrected chi connectivity index (χ1v) is 8.24. The van der Waals surface area contributed by atoms with Gasteiger partial charge in [0.1, 0.15) is 11.4 Å². The minimum atomic E-state index is -0.205. The summed E-state index contributed by atoms with van der Waals surface area (Å²) in [5.41, 5.74) is 3.36. The van der Waals surface area contributed by atoms with Crippen LogP contribution in [-0.4, -0.2) is 23.0 Å². The van der Waals surface area contributed by atoms with E-state index in [9.17, 15) is 4.79 Å². The third-order valence-corrected chi connectivity index (χ3v) is 3.85. The summed E-state index contributed by atoms with van der Waals surface area (Å²) in [7, 11) is 1.65. The summed E-state index contributed by atoms with van der Waals surface area (Å²) in [6.45, 7) is 1.11. The number of carbonyl (C=O) groups excluding carboxylic acids is 1. The molecule has 3 rings (SSSR count). The molecular weight excluding hydrogens is 328 g/mol. The Morgan fingerprint density at radius 3 is 2.35 bits per heavy atom. The van der Waals surface area contributed by atoms with E-state index in [0.717, 1.165) is 22.6 Å². The summed E-state index contributed by atoms with van der Waals surface area (Å²) in [5.74, 6) is 0.626. The van der Waals surface area contributed by atoms with Gasteiger partial charge in [-0.05, 0) is 47.5 Å². The normalized spacial score (nSPS) is 10.2. The molecule has 0 aliphatic heterocycles. The van der Waals surface area contributed by atoms with Gasteiger partial charge >= 0.3 is 0 Å². The molecule has 0 saturated heterocycles. The number of carbonyl (C=O) groups is 1. The van der Waals surface area contributed by atoms with E-state index in [0.29, 0.717) is 18.8 Å². The molecule has 0 unspecified atom stereocenters. The number of anilines is 1. The Morgan fingerprint density at radius 2 is 1.69 bits per heavy atom. The number of methoxy groups -OCH3 is 1. The van der Waals surface area contributed by atoms with Gasteiger partial charge in [0.05, 0.1) is 19.0 Å². The molecule has 0 aliphatic carbocycles. The molecule has 3 aromatic rings. The van der Waals surface area contributed by atoms with Crippen LogP contribution in [0.5, 0.6) is 5.75 Å². The molecule has 0 fully saturated rings. The van der Waals surface area contributed by atoms with Gasteiger partial charge in [-0.1, -0.05) is 12.1 Å². The van der Waals surface area contributed by atoms with E-state index in [1.165, 1.54) is 0 Å². The first-order chi connectivity index (χ1) is 12.7. The minimum absolute atomic E-state index is 0.205. The van der Waals surface area contributed by atoms with Crippen molar-refractivity contribution < 1.29 is 9.53 Å². The average molecular weight is 348 g/mol. The predicted octanol–water partition coefficient (Wildman–Crippen LogP) is 3.03. The second-order valence-corrected chi connectivity index (χ2v) is 5.67. The largest absolute Gasteiger partial charge is 0.497 e. The van der Waals surface area contributed by atoms with Gasteiger partial charge in [-0.2, -0.15) is 0 Å². The van der Waals surface area contributed by atoms with Crippen molar-refractivity contribution >= 4 is 11.6 Å². The van der Waals surface area contributed by atoms with Gasteiger partial charge in [-0.3, -0.25) is 9.78 Å². The number of benzene rings is 1. The first kappa shape index (κ1) is 17.4. The Hall–Kier alpha value is -3.41. The number of aromatic nitrogens is 2. The van der Waals surface area contributed by atoms with E-state index >= 15 is 0 Å². The van der Waals surface area contributed by atoms with Crippen LogP contribution in [0.3, 0.4) is 0 Å². The second-order valence-electron chi connectivity index (χ2n) is 5.67. The summed E-state index contributed by atoms with van der Waals surface area (Å²) in [6, 6.07) is 15.1. The second kappa shape index (κ2) is 8.62. The van der Waals surface area contributed by atoms with Crippen molar-refractivity contribution in [3.05, 3.63) is 83.9 Å². The summed E-state index contributed by atoms with van der Waals surface area (Å²) in [4.78, 5) is 20.3. The van der Waals surface area contributed by atoms with Gasteiger partial charge in [0.25, 0.3) is 5.91 Å². The molecule has 0 saturated carbocycles. The lowest BCUT2D eigenvalue weighted by molar-refractivity contribution is 0.0946. The Balaban J connectivity index is 1.51. The molecule has 2 heterocycles. The van der Waals surface area contributed by atoms with E-state index in [-0.39, 0.29) is 5.91 Å². The number of nitrogens with one attached hydrogen (secondary N) is 2. The van der Waals surface area contributed by atoms with Crippen molar-refractivity contribution in [2.75, 3.05) is 12.4 Å². The maximum Gasteiger partial charge on any atom is 0.270 e. The van der Waals surface area contributed by atoms with Crippen molar-refractivity contribution in [2.45, 2.75) is 13.1 Å². The number of pyridine rings is 2. The van der Waals surface area contributed by atoms with E-state index in [1.807, 2.05) is 42.5 Å². The number of ether oxygens (including phenoxy) is 1. The molecule has 0 aliphatic rings. The molecule has 1 amide bonds. The highest BCUT2D eigenvalue weighted by atomic mass is 16.5. The SMILES string of the molecule is COc1ccc(CNc2ccc(C(=O)NCc3ccncc3)nc2)cc1. The number of hydrogen-bond acceptors (Lipinski definition) is 5. The smallest absolute Gasteiger partial charge is 0.270 e. The zero-order valence-electron chi connectivity index (χ0n) is 14.5. The maximum absolute atomic E-state index is 12.1. The maximum atomic E-state index is 12.1. The number of rotatable bonds is 7. The lowest BCUT2D eigenvalue weighted by atomic mass is 10.2. The van der Waals surface area contributed by atoms with Crippen LogP contribution in [0.1, 0.15) is 21.6 Å². The van der Waals surface area contributed by atoms with Crippen molar-refractivity contribution in [2.24, 2.45) is 0 Å². The summed E-state index contributed by atoms with van der Waals surface area (Å²) in [6.07, 6.45) is 5.05. The highest BCUT2D eigenvalue weighted by Crippen LogP contribution is 2.13. The summed E-state index contributed by atoms with van der Waals surface area (Å²) >= 11 is 0. The van der Waals surface area contributed by atoms with E-state index in [4.69, 9.17) is 4.74 Å². The molecule has 0 atom stereocenters. The molecule has 6 nitrogen and oxygen atoms in total. The average Bonchev–Trinajstić information content (AvgIpc) is 2.72. The standard InChI is InChI=1S/C20H20N4O2/c1-26-18-5-2-15(3-6-18)12-22-17-4-7-19(23-14-17)20(25)24-13-16-8-10-21-11-9-16/h2-11,14,22H,12-13H2,1H3,(H,24,25). The zero-order chi connectivity index (χ0) is 18.2. The first-order valence-electron chi connectivity index (χ1n) is 8.24. The van der Waals surface area contributed by atoms with Crippen LogP contribution < -0.4 is 15.4 Å². The van der Waals surface area contributed by atoms with E-state index in [2.05, 4.69) is 20.6 Å². The fourth-order valence-electron chi connectivity index (χ4n) is 2.35. The lowest BCUT2D eigenvalue weighted by Gasteiger charge is -2.08. The van der Waals surface area contributed by atoms with Crippen molar-refractivity contribution in [1.29, 1.82) is 0 Å². The zero-order valence-corrected chi connectivity index (χ0v) is 14.5. The third-order valence-electron chi connectivity index (χ3n) is 3.85. The molecule has 132 valence electrons. The quantitative estimate of drug-likeness (QED) is 0.686. The van der Waals surface area contributed by atoms with Gasteiger partial charge in [0.2, 0.25) is 0 Å². The molecule has 0 radical (unpaired) electrons. The van der Waals surface area contributed by atoms with Crippen LogP contribution in [-0.2, 0) is 13.1 Å². The van der Waals surface area contributed by atoms with Crippen molar-refractivity contribution in [3.63, 3.8) is 0 Å². The molecule has 0 bridgehead atoms. The van der Waals surface area contributed by atoms with Crippen molar-refractivity contribution in [3.8, 4) is 5.75 Å². The van der Waals surface area contributed by atoms with Crippen LogP contribution in [0.15, 0.2) is 67.1 Å². The van der Waals surface area contributed by atoms with Crippen LogP contribution in [0.2, 0.25) is 0 Å². The van der Waals surface area contributed by atoms with Crippen LogP contribution in [0.25, 0.3) is 0 Å². The van der Waals surface area contributed by atoms with Gasteiger partial charge < -0.3 is 15.4 Å². The Bertz CT molecular complexity index is 834. The molecule has 1 aromatic carbocycles. The highest BCUT2D eigenvalue weighted by Gasteiger charge is 2.07. The van der Waals surface area contributed by atoms with Gasteiger partial charge in [-0.15, -0.1) is 0 Å². The van der Waals surface area contributed by atoms with Crippen LogP contribution >= 0.6 is 0 Å². The summed E-state index contributed by atoms with van der Waals surface area (Å²) < 4.78 is 5.14. The topological polar surface area (TPSA) is 76.1 Å². The molecule has 6 heteroatoms. The molecule has 26 heavy (non-hydrogen) atoms. The van der Waals surface area contributed by atoms with Crippen LogP contribution in [0, 0.1) is 0 Å². The minimum Gasteiger partial charge on any atom is -0.497 e. The Kier molecular flexibility index (Phi) is 5.77. The van der Waals surface area contributed by atoms with Crippen LogP contribution in [0.4, 0.5) is 5.69 Å². The monoisotopic (exact) mass is 348 g/mol. The Labute approximate surface area is 152 Å². The molecule has 2 aromatic heterocycles. The fourth-order valence-corrected chi connectivity index (χ4v) is 2.35.